The highest BCUT2D eigenvalue weighted by atomic mass is 31.2. The highest BCUT2D eigenvalue weighted by Crippen LogP contribution is 2.28. The van der Waals surface area contributed by atoms with E-state index in [1.54, 1.807) is 25.4 Å². The van der Waals surface area contributed by atoms with Crippen molar-refractivity contribution in [1.29, 1.82) is 5.41 Å². The number of anilines is 1. The standard InChI is InChI=1S/C8H12N3O3P/c1-11(6-9)8-7(3-2-4-10-8)5-14-15(12)13/h2-4,6,9,12-13H,5H2,1H3. The van der Waals surface area contributed by atoms with Gasteiger partial charge in [-0.05, 0) is 6.07 Å². The topological polar surface area (TPSA) is 89.7 Å². The lowest BCUT2D eigenvalue weighted by molar-refractivity contribution is 0.246. The molecule has 6 nitrogen and oxygen atoms in total. The van der Waals surface area contributed by atoms with Crippen LogP contribution in [-0.4, -0.2) is 28.2 Å². The molecule has 1 rings (SSSR count). The van der Waals surface area contributed by atoms with Gasteiger partial charge in [-0.1, -0.05) is 6.07 Å². The summed E-state index contributed by atoms with van der Waals surface area (Å²) >= 11 is 0. The van der Waals surface area contributed by atoms with Gasteiger partial charge in [-0.2, -0.15) is 0 Å². The summed E-state index contributed by atoms with van der Waals surface area (Å²) in [5, 5.41) is 7.08. The number of hydrogen-bond donors (Lipinski definition) is 3. The van der Waals surface area contributed by atoms with Crippen molar-refractivity contribution in [2.45, 2.75) is 6.61 Å². The van der Waals surface area contributed by atoms with Gasteiger partial charge in [0, 0.05) is 18.8 Å². The molecule has 0 aromatic carbocycles. The molecule has 0 unspecified atom stereocenters. The summed E-state index contributed by atoms with van der Waals surface area (Å²) < 4.78 is 4.70. The maximum Gasteiger partial charge on any atom is 0.327 e. The first-order valence-electron chi connectivity index (χ1n) is 4.13. The fourth-order valence-corrected chi connectivity index (χ4v) is 1.30. The zero-order valence-corrected chi connectivity index (χ0v) is 9.06. The number of pyridine rings is 1. The van der Waals surface area contributed by atoms with Crippen molar-refractivity contribution in [1.82, 2.24) is 4.98 Å². The lowest BCUT2D eigenvalue weighted by Gasteiger charge is -2.15. The molecule has 0 bridgehead atoms. The van der Waals surface area contributed by atoms with Crippen molar-refractivity contribution < 1.29 is 14.3 Å². The molecule has 7 heteroatoms. The molecule has 0 radical (unpaired) electrons. The first-order chi connectivity index (χ1) is 7.15. The van der Waals surface area contributed by atoms with E-state index in [0.29, 0.717) is 11.4 Å². The molecule has 0 aliphatic rings. The van der Waals surface area contributed by atoms with Crippen LogP contribution in [0.1, 0.15) is 5.56 Å². The second-order valence-corrected chi connectivity index (χ2v) is 3.52. The predicted molar refractivity (Wildman–Crippen MR) is 57.6 cm³/mol. The lowest BCUT2D eigenvalue weighted by Crippen LogP contribution is -2.17. The third kappa shape index (κ3) is 3.53. The maximum atomic E-state index is 8.62. The van der Waals surface area contributed by atoms with E-state index in [-0.39, 0.29) is 6.61 Å². The molecule has 0 spiro atoms. The van der Waals surface area contributed by atoms with Crippen molar-refractivity contribution in [2.75, 3.05) is 11.9 Å². The van der Waals surface area contributed by atoms with Crippen molar-refractivity contribution in [3.05, 3.63) is 23.9 Å². The second-order valence-electron chi connectivity index (χ2n) is 2.75. The van der Waals surface area contributed by atoms with Crippen LogP contribution in [0.2, 0.25) is 0 Å². The Morgan fingerprint density at radius 2 is 2.40 bits per heavy atom. The quantitative estimate of drug-likeness (QED) is 0.395. The zero-order valence-electron chi connectivity index (χ0n) is 8.16. The average molecular weight is 229 g/mol. The summed E-state index contributed by atoms with van der Waals surface area (Å²) in [5.41, 5.74) is 0.694. The van der Waals surface area contributed by atoms with Gasteiger partial charge in [-0.3, -0.25) is 5.41 Å². The van der Waals surface area contributed by atoms with Gasteiger partial charge in [0.1, 0.15) is 5.82 Å². The van der Waals surface area contributed by atoms with Crippen LogP contribution in [0.4, 0.5) is 5.82 Å². The Morgan fingerprint density at radius 3 is 3.00 bits per heavy atom. The van der Waals surface area contributed by atoms with E-state index in [2.05, 4.69) is 4.98 Å². The summed E-state index contributed by atoms with van der Waals surface area (Å²) in [5.74, 6) is 0.560. The van der Waals surface area contributed by atoms with Gasteiger partial charge in [0.05, 0.1) is 12.9 Å². The van der Waals surface area contributed by atoms with Crippen molar-refractivity contribution in [3.8, 4) is 0 Å². The molecule has 82 valence electrons. The molecular weight excluding hydrogens is 217 g/mol. The molecule has 15 heavy (non-hydrogen) atoms. The molecule has 1 heterocycles. The molecular formula is C8H12N3O3P. The smallest absolute Gasteiger partial charge is 0.327 e. The van der Waals surface area contributed by atoms with Crippen LogP contribution in [0.3, 0.4) is 0 Å². The molecule has 0 aliphatic carbocycles. The Bertz CT molecular complexity index is 335. The molecule has 1 aromatic rings. The molecule has 0 fully saturated rings. The largest absolute Gasteiger partial charge is 0.328 e. The van der Waals surface area contributed by atoms with Crippen LogP contribution in [0.5, 0.6) is 0 Å². The van der Waals surface area contributed by atoms with Gasteiger partial charge in [0.15, 0.2) is 0 Å². The SMILES string of the molecule is CN(C=N)c1ncccc1COP(O)O. The van der Waals surface area contributed by atoms with Gasteiger partial charge in [-0.15, -0.1) is 0 Å². The third-order valence-corrected chi connectivity index (χ3v) is 2.09. The summed E-state index contributed by atoms with van der Waals surface area (Å²) in [4.78, 5) is 22.8. The van der Waals surface area contributed by atoms with Gasteiger partial charge < -0.3 is 19.2 Å². The highest BCUT2D eigenvalue weighted by Gasteiger charge is 2.08. The van der Waals surface area contributed by atoms with Crippen molar-refractivity contribution in [3.63, 3.8) is 0 Å². The predicted octanol–water partition coefficient (Wildman–Crippen LogP) is 0.853. The molecule has 3 N–H and O–H groups in total. The van der Waals surface area contributed by atoms with Crippen LogP contribution in [-0.2, 0) is 11.1 Å². The van der Waals surface area contributed by atoms with E-state index < -0.39 is 8.60 Å². The Morgan fingerprint density at radius 1 is 1.67 bits per heavy atom. The van der Waals surface area contributed by atoms with E-state index in [1.165, 1.54) is 4.90 Å². The molecule has 0 saturated carbocycles. The van der Waals surface area contributed by atoms with Gasteiger partial charge in [0.2, 0.25) is 0 Å². The molecule has 0 saturated heterocycles. The Balaban J connectivity index is 2.81. The average Bonchev–Trinajstić information content (AvgIpc) is 2.25. The van der Waals surface area contributed by atoms with Crippen LogP contribution >= 0.6 is 8.60 Å². The number of hydrogen-bond acceptors (Lipinski definition) is 5. The van der Waals surface area contributed by atoms with E-state index in [4.69, 9.17) is 19.7 Å². The maximum absolute atomic E-state index is 8.62. The number of aromatic nitrogens is 1. The molecule has 1 aromatic heterocycles. The van der Waals surface area contributed by atoms with E-state index >= 15 is 0 Å². The third-order valence-electron chi connectivity index (χ3n) is 1.73. The molecule has 0 aliphatic heterocycles. The van der Waals surface area contributed by atoms with E-state index in [9.17, 15) is 0 Å². The fourth-order valence-electron chi connectivity index (χ4n) is 1.05. The van der Waals surface area contributed by atoms with Crippen molar-refractivity contribution in [2.24, 2.45) is 0 Å². The molecule has 0 amide bonds. The molecule has 0 atom stereocenters. The normalized spacial score (nSPS) is 10.4. The Hall–Kier alpha value is -1.07. The summed E-state index contributed by atoms with van der Waals surface area (Å²) in [6, 6.07) is 3.47. The minimum Gasteiger partial charge on any atom is -0.328 e. The second kappa shape index (κ2) is 5.72. The van der Waals surface area contributed by atoms with Gasteiger partial charge in [0.25, 0.3) is 0 Å². The minimum atomic E-state index is -2.36. The van der Waals surface area contributed by atoms with Crippen LogP contribution in [0.25, 0.3) is 0 Å². The number of nitrogens with one attached hydrogen (secondary N) is 1. The summed E-state index contributed by atoms with van der Waals surface area (Å²) in [7, 11) is -0.683. The van der Waals surface area contributed by atoms with Crippen LogP contribution in [0.15, 0.2) is 18.3 Å². The van der Waals surface area contributed by atoms with Crippen LogP contribution in [0, 0.1) is 5.41 Å². The summed E-state index contributed by atoms with van der Waals surface area (Å²) in [6.07, 6.45) is 2.71. The number of nitrogens with zero attached hydrogens (tertiary/aromatic N) is 2. The van der Waals surface area contributed by atoms with E-state index in [0.717, 1.165) is 6.34 Å². The highest BCUT2D eigenvalue weighted by molar-refractivity contribution is 7.39. The minimum absolute atomic E-state index is 0.0556. The Kier molecular flexibility index (Phi) is 4.58. The van der Waals surface area contributed by atoms with Gasteiger partial charge >= 0.3 is 8.60 Å². The lowest BCUT2D eigenvalue weighted by atomic mass is 10.2. The first kappa shape index (κ1) is 12.0. The zero-order chi connectivity index (χ0) is 11.3. The first-order valence-corrected chi connectivity index (χ1v) is 5.29. The summed E-state index contributed by atoms with van der Waals surface area (Å²) in [6.45, 7) is 0.0556. The fraction of sp³-hybridized carbons (Fsp3) is 0.250. The van der Waals surface area contributed by atoms with Crippen molar-refractivity contribution >= 4 is 20.8 Å². The number of rotatable bonds is 5. The Labute approximate surface area is 88.7 Å². The monoisotopic (exact) mass is 229 g/mol. The van der Waals surface area contributed by atoms with Gasteiger partial charge in [-0.25, -0.2) is 4.98 Å². The van der Waals surface area contributed by atoms with E-state index in [1.807, 2.05) is 0 Å². The van der Waals surface area contributed by atoms with Crippen LogP contribution < -0.4 is 4.90 Å².